The van der Waals surface area contributed by atoms with Gasteiger partial charge in [0.25, 0.3) is 0 Å². The Labute approximate surface area is 176 Å². The molecule has 0 unspecified atom stereocenters. The van der Waals surface area contributed by atoms with Crippen LogP contribution in [0.2, 0.25) is 0 Å². The van der Waals surface area contributed by atoms with E-state index < -0.39 is 9.84 Å². The van der Waals surface area contributed by atoms with Crippen LogP contribution in [0.25, 0.3) is 10.8 Å². The summed E-state index contributed by atoms with van der Waals surface area (Å²) >= 11 is 0. The van der Waals surface area contributed by atoms with Gasteiger partial charge in [0.1, 0.15) is 5.76 Å². The van der Waals surface area contributed by atoms with Gasteiger partial charge >= 0.3 is 0 Å². The van der Waals surface area contributed by atoms with Crippen molar-refractivity contribution in [2.75, 3.05) is 18.1 Å². The number of rotatable bonds is 7. The van der Waals surface area contributed by atoms with Crippen LogP contribution >= 0.6 is 0 Å². The zero-order chi connectivity index (χ0) is 21.1. The number of nitrogens with one attached hydrogen (secondary N) is 1. The van der Waals surface area contributed by atoms with Crippen molar-refractivity contribution in [3.8, 4) is 0 Å². The van der Waals surface area contributed by atoms with Gasteiger partial charge in [-0.15, -0.1) is 0 Å². The minimum absolute atomic E-state index is 0.0845. The van der Waals surface area contributed by atoms with Gasteiger partial charge in [0.2, 0.25) is 5.91 Å². The number of benzene rings is 2. The number of sulfone groups is 1. The van der Waals surface area contributed by atoms with Crippen molar-refractivity contribution in [1.29, 1.82) is 0 Å². The van der Waals surface area contributed by atoms with E-state index in [-0.39, 0.29) is 36.0 Å². The second-order valence-corrected chi connectivity index (χ2v) is 10.2. The van der Waals surface area contributed by atoms with E-state index in [9.17, 15) is 13.2 Å². The highest BCUT2D eigenvalue weighted by Gasteiger charge is 2.33. The lowest BCUT2D eigenvalue weighted by Crippen LogP contribution is -2.43. The topological polar surface area (TPSA) is 79.6 Å². The first-order valence-electron chi connectivity index (χ1n) is 10.1. The summed E-state index contributed by atoms with van der Waals surface area (Å²) in [6.07, 6.45) is 2.12. The first-order valence-corrected chi connectivity index (χ1v) is 12.0. The largest absolute Gasteiger partial charge is 0.468 e. The number of amides is 1. The molecule has 4 rings (SSSR count). The minimum atomic E-state index is -3.05. The Hall–Kier alpha value is -2.64. The molecule has 1 saturated heterocycles. The average Bonchev–Trinajstić information content (AvgIpc) is 3.36. The lowest BCUT2D eigenvalue weighted by atomic mass is 10.0. The summed E-state index contributed by atoms with van der Waals surface area (Å²) < 4.78 is 29.3. The van der Waals surface area contributed by atoms with Crippen LogP contribution in [0.15, 0.2) is 65.3 Å². The van der Waals surface area contributed by atoms with E-state index in [1.54, 1.807) is 12.3 Å². The Morgan fingerprint density at radius 1 is 1.17 bits per heavy atom. The molecule has 1 amide bonds. The van der Waals surface area contributed by atoms with Gasteiger partial charge < -0.3 is 9.73 Å². The van der Waals surface area contributed by atoms with Gasteiger partial charge in [-0.3, -0.25) is 9.69 Å². The summed E-state index contributed by atoms with van der Waals surface area (Å²) in [5, 5.41) is 5.34. The van der Waals surface area contributed by atoms with Crippen LogP contribution in [0.1, 0.15) is 30.7 Å². The molecule has 3 aromatic rings. The van der Waals surface area contributed by atoms with Crippen LogP contribution in [0, 0.1) is 0 Å². The highest BCUT2D eigenvalue weighted by Crippen LogP contribution is 2.22. The van der Waals surface area contributed by atoms with Crippen molar-refractivity contribution in [3.63, 3.8) is 0 Å². The molecular weight excluding hydrogens is 400 g/mol. The Morgan fingerprint density at radius 3 is 2.67 bits per heavy atom. The Morgan fingerprint density at radius 2 is 1.97 bits per heavy atom. The van der Waals surface area contributed by atoms with Gasteiger partial charge in [-0.2, -0.15) is 0 Å². The molecule has 158 valence electrons. The average molecular weight is 427 g/mol. The van der Waals surface area contributed by atoms with Crippen LogP contribution in [0.5, 0.6) is 0 Å². The van der Waals surface area contributed by atoms with Gasteiger partial charge in [-0.25, -0.2) is 8.42 Å². The van der Waals surface area contributed by atoms with Crippen molar-refractivity contribution in [2.45, 2.75) is 32.0 Å². The van der Waals surface area contributed by atoms with Gasteiger partial charge in [-0.1, -0.05) is 36.4 Å². The first-order chi connectivity index (χ1) is 14.4. The SMILES string of the molecule is C[C@H](NC(=O)CN(Cc1ccco1)[C@@H]1CCS(=O)(=O)C1)c1ccc2ccccc2c1. The molecular formula is C23H26N2O4S. The van der Waals surface area contributed by atoms with Gasteiger partial charge in [-0.05, 0) is 47.9 Å². The molecule has 1 fully saturated rings. The normalized spacial score (nSPS) is 19.2. The third-order valence-electron chi connectivity index (χ3n) is 5.66. The van der Waals surface area contributed by atoms with E-state index in [1.165, 1.54) is 0 Å². The molecule has 7 heteroatoms. The first kappa shape index (κ1) is 20.6. The molecule has 0 aliphatic carbocycles. The number of furan rings is 1. The fourth-order valence-electron chi connectivity index (χ4n) is 4.01. The van der Waals surface area contributed by atoms with E-state index in [4.69, 9.17) is 4.42 Å². The number of carbonyl (C=O) groups excluding carboxylic acids is 1. The van der Waals surface area contributed by atoms with E-state index in [2.05, 4.69) is 29.6 Å². The fraction of sp³-hybridized carbons (Fsp3) is 0.348. The molecule has 6 nitrogen and oxygen atoms in total. The van der Waals surface area contributed by atoms with Crippen LogP contribution in [0.3, 0.4) is 0 Å². The molecule has 1 N–H and O–H groups in total. The molecule has 2 aromatic carbocycles. The number of hydrogen-bond donors (Lipinski definition) is 1. The van der Waals surface area contributed by atoms with E-state index in [0.29, 0.717) is 13.0 Å². The lowest BCUT2D eigenvalue weighted by Gasteiger charge is -2.27. The quantitative estimate of drug-likeness (QED) is 0.627. The van der Waals surface area contributed by atoms with Crippen molar-refractivity contribution in [1.82, 2.24) is 10.2 Å². The highest BCUT2D eigenvalue weighted by atomic mass is 32.2. The maximum atomic E-state index is 12.8. The molecule has 0 radical (unpaired) electrons. The molecule has 2 heterocycles. The van der Waals surface area contributed by atoms with Crippen molar-refractivity contribution >= 4 is 26.5 Å². The smallest absolute Gasteiger partial charge is 0.234 e. The predicted octanol–water partition coefficient (Wildman–Crippen LogP) is 3.30. The number of fused-ring (bicyclic) bond motifs is 1. The van der Waals surface area contributed by atoms with Crippen LogP contribution < -0.4 is 5.32 Å². The number of hydrogen-bond acceptors (Lipinski definition) is 5. The molecule has 1 aliphatic rings. The van der Waals surface area contributed by atoms with E-state index in [0.717, 1.165) is 22.1 Å². The van der Waals surface area contributed by atoms with Crippen LogP contribution in [-0.2, 0) is 21.2 Å². The Balaban J connectivity index is 1.44. The summed E-state index contributed by atoms with van der Waals surface area (Å²) in [7, 11) is -3.05. The maximum Gasteiger partial charge on any atom is 0.234 e. The Kier molecular flexibility index (Phi) is 5.92. The predicted molar refractivity (Wildman–Crippen MR) is 117 cm³/mol. The standard InChI is InChI=1S/C23H26N2O4S/c1-17(19-9-8-18-5-2-3-6-20(18)13-19)24-23(26)15-25(14-22-7-4-11-29-22)21-10-12-30(27,28)16-21/h2-9,11,13,17,21H,10,12,14-16H2,1H3,(H,24,26)/t17-,21+/m0/s1. The summed E-state index contributed by atoms with van der Waals surface area (Å²) in [5.41, 5.74) is 1.03. The Bertz CT molecular complexity index is 1130. The number of nitrogens with zero attached hydrogens (tertiary/aromatic N) is 1. The van der Waals surface area contributed by atoms with Crippen molar-refractivity contribution in [2.24, 2.45) is 0 Å². The van der Waals surface area contributed by atoms with Crippen LogP contribution in [-0.4, -0.2) is 43.3 Å². The fourth-order valence-corrected chi connectivity index (χ4v) is 5.77. The summed E-state index contributed by atoms with van der Waals surface area (Å²) in [4.78, 5) is 14.7. The molecule has 30 heavy (non-hydrogen) atoms. The summed E-state index contributed by atoms with van der Waals surface area (Å²) in [6, 6.07) is 17.6. The second-order valence-electron chi connectivity index (χ2n) is 7.94. The van der Waals surface area contributed by atoms with Crippen molar-refractivity contribution < 1.29 is 17.6 Å². The zero-order valence-corrected chi connectivity index (χ0v) is 17.8. The van der Waals surface area contributed by atoms with Gasteiger partial charge in [0, 0.05) is 6.04 Å². The molecule has 0 saturated carbocycles. The van der Waals surface area contributed by atoms with Crippen molar-refractivity contribution in [3.05, 3.63) is 72.2 Å². The molecule has 1 aliphatic heterocycles. The summed E-state index contributed by atoms with van der Waals surface area (Å²) in [6.45, 7) is 2.49. The second kappa shape index (κ2) is 8.62. The van der Waals surface area contributed by atoms with Crippen LogP contribution in [0.4, 0.5) is 0 Å². The third-order valence-corrected chi connectivity index (χ3v) is 7.41. The highest BCUT2D eigenvalue weighted by molar-refractivity contribution is 7.91. The minimum Gasteiger partial charge on any atom is -0.468 e. The lowest BCUT2D eigenvalue weighted by molar-refractivity contribution is -0.123. The molecule has 0 bridgehead atoms. The van der Waals surface area contributed by atoms with Gasteiger partial charge in [0.15, 0.2) is 9.84 Å². The van der Waals surface area contributed by atoms with Gasteiger partial charge in [0.05, 0.1) is 36.9 Å². The van der Waals surface area contributed by atoms with E-state index >= 15 is 0 Å². The maximum absolute atomic E-state index is 12.8. The summed E-state index contributed by atoms with van der Waals surface area (Å²) in [5.74, 6) is 0.837. The third kappa shape index (κ3) is 4.91. The molecule has 0 spiro atoms. The monoisotopic (exact) mass is 426 g/mol. The van der Waals surface area contributed by atoms with E-state index in [1.807, 2.05) is 36.1 Å². The zero-order valence-electron chi connectivity index (χ0n) is 17.0. The molecule has 2 atom stereocenters. The number of carbonyl (C=O) groups is 1. The molecule has 1 aromatic heterocycles.